The Morgan fingerprint density at radius 2 is 1.67 bits per heavy atom. The van der Waals surface area contributed by atoms with Crippen molar-refractivity contribution in [2.24, 2.45) is 0 Å². The molecule has 0 atom stereocenters. The molecule has 0 aromatic heterocycles. The molecule has 0 radical (unpaired) electrons. The quantitative estimate of drug-likeness (QED) is 0.826. The van der Waals surface area contributed by atoms with E-state index >= 15 is 0 Å². The summed E-state index contributed by atoms with van der Waals surface area (Å²) in [5, 5.41) is 0.523. The maximum absolute atomic E-state index is 12.5. The summed E-state index contributed by atoms with van der Waals surface area (Å²) < 4.78 is 27.6. The SMILES string of the molecule is Cc1cc(Cl)c(C)c(S(=O)(=O)Nc2ccc(N)cc2)c1Cl. The summed E-state index contributed by atoms with van der Waals surface area (Å²) in [7, 11) is -3.84. The number of sulfonamides is 1. The van der Waals surface area contributed by atoms with Gasteiger partial charge >= 0.3 is 0 Å². The van der Waals surface area contributed by atoms with Crippen molar-refractivity contribution in [1.82, 2.24) is 0 Å². The van der Waals surface area contributed by atoms with Crippen LogP contribution in [0.1, 0.15) is 11.1 Å². The molecule has 0 spiro atoms. The first kappa shape index (κ1) is 15.9. The third-order valence-corrected chi connectivity index (χ3v) is 5.56. The minimum Gasteiger partial charge on any atom is -0.399 e. The zero-order chi connectivity index (χ0) is 15.8. The van der Waals surface area contributed by atoms with Crippen molar-refractivity contribution in [3.8, 4) is 0 Å². The van der Waals surface area contributed by atoms with Gasteiger partial charge in [-0.25, -0.2) is 8.42 Å². The summed E-state index contributed by atoms with van der Waals surface area (Å²) >= 11 is 12.2. The number of benzene rings is 2. The molecule has 0 amide bonds. The molecule has 0 unspecified atom stereocenters. The number of aryl methyl sites for hydroxylation is 1. The fourth-order valence-corrected chi connectivity index (χ4v) is 4.16. The Balaban J connectivity index is 2.52. The molecular formula is C14H14Cl2N2O2S. The number of rotatable bonds is 3. The predicted octanol–water partition coefficient (Wildman–Crippen LogP) is 3.99. The van der Waals surface area contributed by atoms with Crippen LogP contribution in [-0.4, -0.2) is 8.42 Å². The van der Waals surface area contributed by atoms with Gasteiger partial charge in [-0.2, -0.15) is 0 Å². The minimum atomic E-state index is -3.84. The zero-order valence-corrected chi connectivity index (χ0v) is 13.8. The predicted molar refractivity (Wildman–Crippen MR) is 87.6 cm³/mol. The molecule has 0 saturated carbocycles. The lowest BCUT2D eigenvalue weighted by Gasteiger charge is -2.14. The smallest absolute Gasteiger partial charge is 0.263 e. The van der Waals surface area contributed by atoms with Crippen molar-refractivity contribution >= 4 is 44.6 Å². The first-order valence-corrected chi connectivity index (χ1v) is 8.30. The van der Waals surface area contributed by atoms with E-state index in [0.29, 0.717) is 27.5 Å². The number of hydrogen-bond donors (Lipinski definition) is 2. The van der Waals surface area contributed by atoms with Gasteiger partial charge < -0.3 is 5.73 Å². The second-order valence-electron chi connectivity index (χ2n) is 4.67. The van der Waals surface area contributed by atoms with Crippen LogP contribution in [0, 0.1) is 13.8 Å². The first-order valence-electron chi connectivity index (χ1n) is 6.06. The van der Waals surface area contributed by atoms with Crippen LogP contribution in [0.2, 0.25) is 10.0 Å². The highest BCUT2D eigenvalue weighted by Crippen LogP contribution is 2.34. The van der Waals surface area contributed by atoms with Gasteiger partial charge in [0.25, 0.3) is 10.0 Å². The second kappa shape index (κ2) is 5.75. The number of halogens is 2. The van der Waals surface area contributed by atoms with Crippen LogP contribution >= 0.6 is 23.2 Å². The maximum Gasteiger partial charge on any atom is 0.263 e. The van der Waals surface area contributed by atoms with Crippen molar-refractivity contribution in [2.45, 2.75) is 18.7 Å². The Bertz CT molecular complexity index is 761. The largest absolute Gasteiger partial charge is 0.399 e. The Morgan fingerprint density at radius 1 is 1.10 bits per heavy atom. The molecule has 0 saturated heterocycles. The van der Waals surface area contributed by atoms with Gasteiger partial charge in [0.05, 0.1) is 5.02 Å². The van der Waals surface area contributed by atoms with Gasteiger partial charge in [0.2, 0.25) is 0 Å². The number of nitrogens with two attached hydrogens (primary N) is 1. The van der Waals surface area contributed by atoms with Crippen LogP contribution in [0.4, 0.5) is 11.4 Å². The lowest BCUT2D eigenvalue weighted by atomic mass is 10.2. The van der Waals surface area contributed by atoms with E-state index in [2.05, 4.69) is 4.72 Å². The van der Waals surface area contributed by atoms with Gasteiger partial charge in [0, 0.05) is 16.4 Å². The molecule has 2 aromatic carbocycles. The van der Waals surface area contributed by atoms with E-state index in [-0.39, 0.29) is 9.92 Å². The molecule has 7 heteroatoms. The molecule has 0 heterocycles. The summed E-state index contributed by atoms with van der Waals surface area (Å²) in [5.41, 5.74) is 7.54. The number of anilines is 2. The summed E-state index contributed by atoms with van der Waals surface area (Å²) in [6, 6.07) is 8.01. The molecule has 0 aliphatic heterocycles. The topological polar surface area (TPSA) is 72.2 Å². The van der Waals surface area contributed by atoms with E-state index in [0.717, 1.165) is 0 Å². The lowest BCUT2D eigenvalue weighted by molar-refractivity contribution is 0.600. The van der Waals surface area contributed by atoms with Crippen molar-refractivity contribution in [1.29, 1.82) is 0 Å². The average molecular weight is 345 g/mol. The average Bonchev–Trinajstić information content (AvgIpc) is 2.39. The summed E-state index contributed by atoms with van der Waals surface area (Å²) in [6.07, 6.45) is 0. The first-order chi connectivity index (χ1) is 9.72. The molecule has 2 rings (SSSR count). The molecule has 0 aliphatic rings. The highest BCUT2D eigenvalue weighted by molar-refractivity contribution is 7.93. The zero-order valence-electron chi connectivity index (χ0n) is 11.4. The van der Waals surface area contributed by atoms with Gasteiger partial charge in [0.1, 0.15) is 4.90 Å². The van der Waals surface area contributed by atoms with Crippen LogP contribution < -0.4 is 10.5 Å². The van der Waals surface area contributed by atoms with Crippen molar-refractivity contribution in [3.05, 3.63) is 51.5 Å². The summed E-state index contributed by atoms with van der Waals surface area (Å²) in [5.74, 6) is 0. The fraction of sp³-hybridized carbons (Fsp3) is 0.143. The third kappa shape index (κ3) is 3.26. The van der Waals surface area contributed by atoms with E-state index in [4.69, 9.17) is 28.9 Å². The van der Waals surface area contributed by atoms with Crippen LogP contribution in [0.5, 0.6) is 0 Å². The van der Waals surface area contributed by atoms with Gasteiger partial charge in [-0.3, -0.25) is 4.72 Å². The standard InChI is InChI=1S/C14H14Cl2N2O2S/c1-8-7-12(15)9(2)14(13(8)16)21(19,20)18-11-5-3-10(17)4-6-11/h3-7,18H,17H2,1-2H3. The molecule has 4 nitrogen and oxygen atoms in total. The number of hydrogen-bond acceptors (Lipinski definition) is 3. The van der Waals surface area contributed by atoms with E-state index in [1.54, 1.807) is 44.2 Å². The Morgan fingerprint density at radius 3 is 2.24 bits per heavy atom. The van der Waals surface area contributed by atoms with Crippen LogP contribution in [-0.2, 0) is 10.0 Å². The molecule has 2 aromatic rings. The lowest BCUT2D eigenvalue weighted by Crippen LogP contribution is -2.15. The van der Waals surface area contributed by atoms with E-state index in [1.807, 2.05) is 0 Å². The normalized spacial score (nSPS) is 11.4. The molecular weight excluding hydrogens is 331 g/mol. The molecule has 0 fully saturated rings. The van der Waals surface area contributed by atoms with Crippen LogP contribution in [0.25, 0.3) is 0 Å². The van der Waals surface area contributed by atoms with Crippen LogP contribution in [0.3, 0.4) is 0 Å². The number of nitrogen functional groups attached to an aromatic ring is 1. The minimum absolute atomic E-state index is 0.00834. The summed E-state index contributed by atoms with van der Waals surface area (Å²) in [4.78, 5) is -0.00834. The molecule has 0 bridgehead atoms. The van der Waals surface area contributed by atoms with Gasteiger partial charge in [-0.1, -0.05) is 23.2 Å². The highest BCUT2D eigenvalue weighted by Gasteiger charge is 2.24. The van der Waals surface area contributed by atoms with Gasteiger partial charge in [-0.15, -0.1) is 0 Å². The molecule has 0 aliphatic carbocycles. The fourth-order valence-electron chi connectivity index (χ4n) is 1.89. The Hall–Kier alpha value is -1.43. The van der Waals surface area contributed by atoms with Crippen molar-refractivity contribution < 1.29 is 8.42 Å². The molecule has 21 heavy (non-hydrogen) atoms. The molecule has 3 N–H and O–H groups in total. The van der Waals surface area contributed by atoms with E-state index in [9.17, 15) is 8.42 Å². The summed E-state index contributed by atoms with van der Waals surface area (Å²) in [6.45, 7) is 3.32. The Kier molecular flexibility index (Phi) is 4.37. The monoisotopic (exact) mass is 344 g/mol. The van der Waals surface area contributed by atoms with Crippen molar-refractivity contribution in [3.63, 3.8) is 0 Å². The Labute approximate surface area is 133 Å². The van der Waals surface area contributed by atoms with Gasteiger partial charge in [0.15, 0.2) is 0 Å². The maximum atomic E-state index is 12.5. The van der Waals surface area contributed by atoms with E-state index in [1.165, 1.54) is 0 Å². The second-order valence-corrected chi connectivity index (χ2v) is 7.08. The van der Waals surface area contributed by atoms with Gasteiger partial charge in [-0.05, 0) is 55.3 Å². The van der Waals surface area contributed by atoms with Crippen molar-refractivity contribution in [2.75, 3.05) is 10.5 Å². The van der Waals surface area contributed by atoms with Crippen LogP contribution in [0.15, 0.2) is 35.2 Å². The molecule has 112 valence electrons. The third-order valence-electron chi connectivity index (χ3n) is 3.02. The van der Waals surface area contributed by atoms with E-state index < -0.39 is 10.0 Å². The number of nitrogens with one attached hydrogen (secondary N) is 1. The highest BCUT2D eigenvalue weighted by atomic mass is 35.5.